The van der Waals surface area contributed by atoms with Crippen LogP contribution in [0.15, 0.2) is 30.4 Å². The number of carbonyl (C=O) groups excluding carboxylic acids is 2. The number of para-hydroxylation sites is 1. The number of esters is 1. The number of benzene rings is 1. The molecule has 4 aliphatic rings. The van der Waals surface area contributed by atoms with Crippen LogP contribution in [-0.4, -0.2) is 56.2 Å². The minimum atomic E-state index is -0.224. The Morgan fingerprint density at radius 1 is 1.22 bits per heavy atom. The van der Waals surface area contributed by atoms with Crippen LogP contribution in [0.1, 0.15) is 56.9 Å². The van der Waals surface area contributed by atoms with Crippen LogP contribution in [0, 0.1) is 29.6 Å². The van der Waals surface area contributed by atoms with Gasteiger partial charge in [-0.1, -0.05) is 24.1 Å². The monoisotopic (exact) mass is 486 g/mol. The Morgan fingerprint density at radius 2 is 2.08 bits per heavy atom. The Bertz CT molecular complexity index is 1190. The van der Waals surface area contributed by atoms with Crippen molar-refractivity contribution < 1.29 is 19.1 Å². The quantitative estimate of drug-likeness (QED) is 0.265. The zero-order chi connectivity index (χ0) is 25.3. The van der Waals surface area contributed by atoms with Crippen molar-refractivity contribution in [3.8, 4) is 29.9 Å². The smallest absolute Gasteiger partial charge is 0.306 e. The van der Waals surface area contributed by atoms with Gasteiger partial charge in [-0.2, -0.15) is 0 Å². The molecule has 3 heterocycles. The zero-order valence-corrected chi connectivity index (χ0v) is 21.2. The Kier molecular flexibility index (Phi) is 6.58. The van der Waals surface area contributed by atoms with E-state index >= 15 is 0 Å². The number of carbonyl (C=O) groups is 2. The Hall–Kier alpha value is -3.22. The van der Waals surface area contributed by atoms with Gasteiger partial charge in [0.15, 0.2) is 0 Å². The van der Waals surface area contributed by atoms with Crippen LogP contribution >= 0.6 is 0 Å². The predicted molar refractivity (Wildman–Crippen MR) is 138 cm³/mol. The molecular formula is C30H34N2O4. The number of methoxy groups -OCH3 is 2. The van der Waals surface area contributed by atoms with E-state index in [1.54, 1.807) is 13.2 Å². The summed E-state index contributed by atoms with van der Waals surface area (Å²) >= 11 is 0. The number of piperidine rings is 1. The van der Waals surface area contributed by atoms with E-state index in [4.69, 9.17) is 15.9 Å². The number of rotatable bonds is 6. The van der Waals surface area contributed by atoms with Gasteiger partial charge < -0.3 is 14.4 Å². The molecule has 1 aromatic rings. The highest BCUT2D eigenvalue weighted by Gasteiger charge is 2.69. The van der Waals surface area contributed by atoms with Crippen molar-refractivity contribution in [1.29, 1.82) is 0 Å². The summed E-state index contributed by atoms with van der Waals surface area (Å²) in [6, 6.07) is 6.40. The van der Waals surface area contributed by atoms with E-state index in [0.29, 0.717) is 19.3 Å². The molecule has 36 heavy (non-hydrogen) atoms. The van der Waals surface area contributed by atoms with Crippen molar-refractivity contribution in [2.75, 3.05) is 32.2 Å². The molecule has 0 N–H and O–H groups in total. The Morgan fingerprint density at radius 3 is 2.86 bits per heavy atom. The number of fused-ring (bicyclic) bond motifs is 1. The van der Waals surface area contributed by atoms with E-state index in [2.05, 4.69) is 28.7 Å². The lowest BCUT2D eigenvalue weighted by Crippen LogP contribution is -2.65. The standard InChI is InChI=1S/C30H34N2O4/c1-4-5-6-7-8-9-14-25(33)32-24-15-17-29(21-26(34)36-3)16-11-19-31-20-18-30(24,28(29)31)22-12-10-13-23(35-2)27(22)32/h1,9-10,12-14,24,28H,7-8,11,15-21H2,2-3H3/t24-,28-,29-,30-/m1/s1. The summed E-state index contributed by atoms with van der Waals surface area (Å²) in [6.07, 6.45) is 15.3. The predicted octanol–water partition coefficient (Wildman–Crippen LogP) is 3.83. The van der Waals surface area contributed by atoms with E-state index in [1.807, 2.05) is 23.1 Å². The molecule has 1 amide bonds. The lowest BCUT2D eigenvalue weighted by Gasteiger charge is -2.58. The molecule has 0 bridgehead atoms. The van der Waals surface area contributed by atoms with Crippen molar-refractivity contribution in [1.82, 2.24) is 4.90 Å². The molecule has 5 rings (SSSR count). The fourth-order valence-electron chi connectivity index (χ4n) is 7.88. The third-order valence-corrected chi connectivity index (χ3v) is 8.97. The first-order chi connectivity index (χ1) is 17.5. The van der Waals surface area contributed by atoms with Gasteiger partial charge in [-0.05, 0) is 86.6 Å². The van der Waals surface area contributed by atoms with Crippen molar-refractivity contribution in [2.45, 2.75) is 68.9 Å². The van der Waals surface area contributed by atoms with Gasteiger partial charge in [-0.3, -0.25) is 14.5 Å². The molecule has 4 atom stereocenters. The molecule has 1 saturated carbocycles. The summed E-state index contributed by atoms with van der Waals surface area (Å²) in [5.41, 5.74) is 1.73. The van der Waals surface area contributed by atoms with Crippen LogP contribution in [0.4, 0.5) is 5.69 Å². The summed E-state index contributed by atoms with van der Waals surface area (Å²) in [5.74, 6) is 8.41. The summed E-state index contributed by atoms with van der Waals surface area (Å²) in [6.45, 7) is 2.01. The molecule has 6 nitrogen and oxygen atoms in total. The first-order valence-electron chi connectivity index (χ1n) is 12.9. The second kappa shape index (κ2) is 9.68. The van der Waals surface area contributed by atoms with Gasteiger partial charge in [0.2, 0.25) is 0 Å². The topological polar surface area (TPSA) is 59.1 Å². The SMILES string of the molecule is C#CC#CCCC=CC(=O)N1c2c(OC)cccc2[C@]23CCN4CCC[C@](CC(=O)OC)(CC[C@@H]12)[C@@H]43. The Labute approximate surface area is 214 Å². The number of nitrogens with zero attached hydrogens (tertiary/aromatic N) is 2. The summed E-state index contributed by atoms with van der Waals surface area (Å²) < 4.78 is 11.0. The van der Waals surface area contributed by atoms with E-state index in [0.717, 1.165) is 56.6 Å². The number of allylic oxidation sites excluding steroid dienone is 1. The molecule has 0 unspecified atom stereocenters. The molecule has 188 valence electrons. The lowest BCUT2D eigenvalue weighted by molar-refractivity contribution is -0.148. The van der Waals surface area contributed by atoms with E-state index in [-0.39, 0.29) is 34.8 Å². The maximum absolute atomic E-state index is 13.8. The first-order valence-corrected chi connectivity index (χ1v) is 12.9. The van der Waals surface area contributed by atoms with E-state index in [9.17, 15) is 9.59 Å². The van der Waals surface area contributed by atoms with E-state index < -0.39 is 0 Å². The minimum Gasteiger partial charge on any atom is -0.495 e. The molecule has 1 spiro atoms. The molecule has 0 aromatic heterocycles. The highest BCUT2D eigenvalue weighted by molar-refractivity contribution is 6.05. The van der Waals surface area contributed by atoms with E-state index in [1.165, 1.54) is 12.7 Å². The zero-order valence-electron chi connectivity index (χ0n) is 21.2. The van der Waals surface area contributed by atoms with Crippen molar-refractivity contribution in [2.24, 2.45) is 5.41 Å². The second-order valence-corrected chi connectivity index (χ2v) is 10.5. The van der Waals surface area contributed by atoms with Crippen LogP contribution in [0.3, 0.4) is 0 Å². The number of terminal acetylenes is 1. The third-order valence-electron chi connectivity index (χ3n) is 8.97. The molecular weight excluding hydrogens is 452 g/mol. The van der Waals surface area contributed by atoms with Crippen molar-refractivity contribution >= 4 is 17.6 Å². The number of amides is 1. The number of hydrogen-bond donors (Lipinski definition) is 0. The number of anilines is 1. The number of ether oxygens (including phenoxy) is 2. The van der Waals surface area contributed by atoms with Crippen molar-refractivity contribution in [3.63, 3.8) is 0 Å². The van der Waals surface area contributed by atoms with Gasteiger partial charge in [0.05, 0.1) is 26.3 Å². The van der Waals surface area contributed by atoms with Gasteiger partial charge in [0, 0.05) is 23.9 Å². The normalized spacial score (nSPS) is 30.0. The average molecular weight is 487 g/mol. The minimum absolute atomic E-state index is 0.0257. The molecule has 3 fully saturated rings. The maximum atomic E-state index is 13.8. The first kappa shape index (κ1) is 24.5. The number of hydrogen-bond acceptors (Lipinski definition) is 5. The molecule has 3 aliphatic heterocycles. The third kappa shape index (κ3) is 3.62. The van der Waals surface area contributed by atoms with Gasteiger partial charge in [0.1, 0.15) is 5.75 Å². The largest absolute Gasteiger partial charge is 0.495 e. The number of unbranched alkanes of at least 4 members (excludes halogenated alkanes) is 1. The summed E-state index contributed by atoms with van der Waals surface area (Å²) in [7, 11) is 3.15. The van der Waals surface area contributed by atoms with Gasteiger partial charge in [0.25, 0.3) is 5.91 Å². The maximum Gasteiger partial charge on any atom is 0.306 e. The van der Waals surface area contributed by atoms with Crippen LogP contribution in [0.25, 0.3) is 0 Å². The van der Waals surface area contributed by atoms with Crippen LogP contribution < -0.4 is 9.64 Å². The second-order valence-electron chi connectivity index (χ2n) is 10.5. The van der Waals surface area contributed by atoms with Gasteiger partial charge in [-0.25, -0.2) is 0 Å². The molecule has 1 aromatic carbocycles. The highest BCUT2D eigenvalue weighted by atomic mass is 16.5. The van der Waals surface area contributed by atoms with Crippen LogP contribution in [-0.2, 0) is 19.7 Å². The highest BCUT2D eigenvalue weighted by Crippen LogP contribution is 2.66. The summed E-state index contributed by atoms with van der Waals surface area (Å²) in [4.78, 5) is 31.0. The fourth-order valence-corrected chi connectivity index (χ4v) is 7.88. The molecule has 0 radical (unpaired) electrons. The molecule has 2 saturated heterocycles. The Balaban J connectivity index is 1.57. The lowest BCUT2D eigenvalue weighted by atomic mass is 9.52. The average Bonchev–Trinajstić information content (AvgIpc) is 3.43. The summed E-state index contributed by atoms with van der Waals surface area (Å²) in [5, 5.41) is 0. The molecule has 6 heteroatoms. The van der Waals surface area contributed by atoms with Gasteiger partial charge in [-0.15, -0.1) is 6.42 Å². The molecule has 1 aliphatic carbocycles. The van der Waals surface area contributed by atoms with Crippen molar-refractivity contribution in [3.05, 3.63) is 35.9 Å². The van der Waals surface area contributed by atoms with Crippen LogP contribution in [0.2, 0.25) is 0 Å². The van der Waals surface area contributed by atoms with Crippen LogP contribution in [0.5, 0.6) is 5.75 Å². The fraction of sp³-hybridized carbons (Fsp3) is 0.533. The van der Waals surface area contributed by atoms with Gasteiger partial charge >= 0.3 is 5.97 Å².